The molecule has 2 rings (SSSR count). The van der Waals surface area contributed by atoms with Gasteiger partial charge in [0.05, 0.1) is 0 Å². The third kappa shape index (κ3) is 6.04. The van der Waals surface area contributed by atoms with Crippen molar-refractivity contribution < 1.29 is 13.2 Å². The van der Waals surface area contributed by atoms with Crippen LogP contribution in [0.5, 0.6) is 0 Å². The minimum atomic E-state index is -3.37. The van der Waals surface area contributed by atoms with E-state index in [2.05, 4.69) is 10.0 Å². The second-order valence-electron chi connectivity index (χ2n) is 5.32. The van der Waals surface area contributed by atoms with Gasteiger partial charge in [0.2, 0.25) is 10.0 Å². The van der Waals surface area contributed by atoms with Gasteiger partial charge in [0.1, 0.15) is 4.21 Å². The van der Waals surface area contributed by atoms with Crippen molar-refractivity contribution in [1.29, 1.82) is 0 Å². The van der Waals surface area contributed by atoms with Crippen LogP contribution in [-0.4, -0.2) is 34.7 Å². The Labute approximate surface area is 131 Å². The van der Waals surface area contributed by atoms with Crippen LogP contribution in [0, 0.1) is 5.92 Å². The van der Waals surface area contributed by atoms with E-state index in [0.29, 0.717) is 30.3 Å². The molecule has 0 saturated heterocycles. The van der Waals surface area contributed by atoms with Gasteiger partial charge in [-0.3, -0.25) is 0 Å². The predicted molar refractivity (Wildman–Crippen MR) is 85.0 cm³/mol. The van der Waals surface area contributed by atoms with Gasteiger partial charge in [-0.25, -0.2) is 13.1 Å². The van der Waals surface area contributed by atoms with Gasteiger partial charge in [-0.1, -0.05) is 6.92 Å². The predicted octanol–water partition coefficient (Wildman–Crippen LogP) is 1.95. The Kier molecular flexibility index (Phi) is 6.63. The topological polar surface area (TPSA) is 67.4 Å². The fourth-order valence-electron chi connectivity index (χ4n) is 1.84. The number of sulfonamides is 1. The quantitative estimate of drug-likeness (QED) is 0.608. The molecule has 1 aliphatic carbocycles. The summed E-state index contributed by atoms with van der Waals surface area (Å²) >= 11 is 1.27. The maximum atomic E-state index is 12.1. The lowest BCUT2D eigenvalue weighted by atomic mass is 10.3. The van der Waals surface area contributed by atoms with Crippen LogP contribution in [0.1, 0.15) is 31.7 Å². The Hall–Kier alpha value is -0.470. The Morgan fingerprint density at radius 2 is 2.24 bits per heavy atom. The molecule has 1 heterocycles. The van der Waals surface area contributed by atoms with Crippen LogP contribution in [-0.2, 0) is 21.3 Å². The molecule has 0 radical (unpaired) electrons. The minimum Gasteiger partial charge on any atom is -0.381 e. The first-order chi connectivity index (χ1) is 10.1. The molecule has 1 saturated carbocycles. The number of hydrogen-bond donors (Lipinski definition) is 2. The zero-order valence-electron chi connectivity index (χ0n) is 12.4. The molecule has 2 N–H and O–H groups in total. The highest BCUT2D eigenvalue weighted by atomic mass is 32.2. The maximum absolute atomic E-state index is 12.1. The summed E-state index contributed by atoms with van der Waals surface area (Å²) in [5, 5.41) is 5.07. The summed E-state index contributed by atoms with van der Waals surface area (Å²) < 4.78 is 32.7. The van der Waals surface area contributed by atoms with Gasteiger partial charge in [0.15, 0.2) is 0 Å². The minimum absolute atomic E-state index is 0.384. The van der Waals surface area contributed by atoms with Crippen LogP contribution < -0.4 is 10.0 Å². The fraction of sp³-hybridized carbons (Fsp3) is 0.714. The first kappa shape index (κ1) is 16.9. The summed E-state index contributed by atoms with van der Waals surface area (Å²) in [6.07, 6.45) is 3.27. The van der Waals surface area contributed by atoms with Crippen LogP contribution in [0.15, 0.2) is 15.7 Å². The molecule has 120 valence electrons. The zero-order chi connectivity index (χ0) is 15.1. The van der Waals surface area contributed by atoms with E-state index in [4.69, 9.17) is 4.74 Å². The van der Waals surface area contributed by atoms with Crippen molar-refractivity contribution >= 4 is 21.4 Å². The van der Waals surface area contributed by atoms with Gasteiger partial charge in [0.25, 0.3) is 0 Å². The van der Waals surface area contributed by atoms with Crippen molar-refractivity contribution in [3.8, 4) is 0 Å². The van der Waals surface area contributed by atoms with Crippen LogP contribution in [0.25, 0.3) is 0 Å². The highest BCUT2D eigenvalue weighted by Crippen LogP contribution is 2.28. The molecule has 1 fully saturated rings. The molecule has 5 nitrogen and oxygen atoms in total. The fourth-order valence-corrected chi connectivity index (χ4v) is 4.17. The van der Waals surface area contributed by atoms with Gasteiger partial charge in [-0.05, 0) is 48.7 Å². The molecule has 21 heavy (non-hydrogen) atoms. The average molecular weight is 332 g/mol. The van der Waals surface area contributed by atoms with Crippen molar-refractivity contribution in [3.05, 3.63) is 17.0 Å². The van der Waals surface area contributed by atoms with Gasteiger partial charge in [-0.15, -0.1) is 11.3 Å². The van der Waals surface area contributed by atoms with Gasteiger partial charge < -0.3 is 10.1 Å². The number of nitrogens with one attached hydrogen (secondary N) is 2. The smallest absolute Gasteiger partial charge is 0.250 e. The molecule has 7 heteroatoms. The summed E-state index contributed by atoms with van der Waals surface area (Å²) in [4.78, 5) is 0. The standard InChI is InChI=1S/C14H24N2O3S2/c1-2-15-9-13-8-14(20-11-13)21(17,18)16-6-3-7-19-10-12-4-5-12/h8,11-12,15-16H,2-7,9-10H2,1H3. The number of thiophene rings is 1. The molecule has 0 unspecified atom stereocenters. The zero-order valence-corrected chi connectivity index (χ0v) is 14.1. The monoisotopic (exact) mass is 332 g/mol. The first-order valence-corrected chi connectivity index (χ1v) is 9.83. The largest absolute Gasteiger partial charge is 0.381 e. The van der Waals surface area contributed by atoms with Crippen LogP contribution >= 0.6 is 11.3 Å². The molecule has 1 aromatic rings. The highest BCUT2D eigenvalue weighted by Gasteiger charge is 2.21. The van der Waals surface area contributed by atoms with E-state index in [1.54, 1.807) is 6.07 Å². The molecular formula is C14H24N2O3S2. The first-order valence-electron chi connectivity index (χ1n) is 7.47. The molecule has 0 spiro atoms. The lowest BCUT2D eigenvalue weighted by molar-refractivity contribution is 0.123. The number of hydrogen-bond acceptors (Lipinski definition) is 5. The van der Waals surface area contributed by atoms with Crippen LogP contribution in [0.3, 0.4) is 0 Å². The molecule has 0 bridgehead atoms. The van der Waals surface area contributed by atoms with Gasteiger partial charge in [0, 0.05) is 26.3 Å². The summed E-state index contributed by atoms with van der Waals surface area (Å²) in [6.45, 7) is 5.47. The molecule has 0 aliphatic heterocycles. The van der Waals surface area contributed by atoms with Gasteiger partial charge >= 0.3 is 0 Å². The van der Waals surface area contributed by atoms with Crippen molar-refractivity contribution in [3.63, 3.8) is 0 Å². The second kappa shape index (κ2) is 8.24. The van der Waals surface area contributed by atoms with Crippen molar-refractivity contribution in [2.75, 3.05) is 26.3 Å². The third-order valence-electron chi connectivity index (χ3n) is 3.28. The van der Waals surface area contributed by atoms with Crippen LogP contribution in [0.2, 0.25) is 0 Å². The Morgan fingerprint density at radius 1 is 1.43 bits per heavy atom. The highest BCUT2D eigenvalue weighted by molar-refractivity contribution is 7.91. The average Bonchev–Trinajstić information content (AvgIpc) is 3.15. The van der Waals surface area contributed by atoms with Crippen molar-refractivity contribution in [2.45, 2.75) is 36.9 Å². The molecular weight excluding hydrogens is 308 g/mol. The lowest BCUT2D eigenvalue weighted by Gasteiger charge is -2.05. The molecule has 0 atom stereocenters. The Balaban J connectivity index is 1.68. The lowest BCUT2D eigenvalue weighted by Crippen LogP contribution is -2.25. The van der Waals surface area contributed by atoms with E-state index in [1.807, 2.05) is 12.3 Å². The molecule has 0 aromatic carbocycles. The van der Waals surface area contributed by atoms with Crippen LogP contribution in [0.4, 0.5) is 0 Å². The van der Waals surface area contributed by atoms with E-state index < -0.39 is 10.0 Å². The molecule has 1 aromatic heterocycles. The summed E-state index contributed by atoms with van der Waals surface area (Å²) in [6, 6.07) is 1.74. The van der Waals surface area contributed by atoms with Crippen molar-refractivity contribution in [2.24, 2.45) is 5.92 Å². The van der Waals surface area contributed by atoms with E-state index in [-0.39, 0.29) is 0 Å². The Bertz CT molecular complexity index is 524. The van der Waals surface area contributed by atoms with Crippen molar-refractivity contribution in [1.82, 2.24) is 10.0 Å². The van der Waals surface area contributed by atoms with E-state index in [0.717, 1.165) is 24.6 Å². The third-order valence-corrected chi connectivity index (χ3v) is 6.23. The molecule has 0 amide bonds. The summed E-state index contributed by atoms with van der Waals surface area (Å²) in [5.74, 6) is 0.753. The number of rotatable bonds is 11. The Morgan fingerprint density at radius 3 is 2.95 bits per heavy atom. The van der Waals surface area contributed by atoms with E-state index in [1.165, 1.54) is 24.2 Å². The summed E-state index contributed by atoms with van der Waals surface area (Å²) in [5.41, 5.74) is 1.01. The molecule has 1 aliphatic rings. The van der Waals surface area contributed by atoms with E-state index >= 15 is 0 Å². The van der Waals surface area contributed by atoms with Gasteiger partial charge in [-0.2, -0.15) is 0 Å². The summed E-state index contributed by atoms with van der Waals surface area (Å²) in [7, 11) is -3.37. The SMILES string of the molecule is CCNCc1csc(S(=O)(=O)NCCCOCC2CC2)c1. The second-order valence-corrected chi connectivity index (χ2v) is 8.23. The van der Waals surface area contributed by atoms with E-state index in [9.17, 15) is 8.42 Å². The normalized spacial score (nSPS) is 15.5. The number of ether oxygens (including phenoxy) is 1. The maximum Gasteiger partial charge on any atom is 0.250 e.